The van der Waals surface area contributed by atoms with Gasteiger partial charge in [0, 0.05) is 18.7 Å². The summed E-state index contributed by atoms with van der Waals surface area (Å²) in [7, 11) is 0. The zero-order valence-electron chi connectivity index (χ0n) is 14.0. The summed E-state index contributed by atoms with van der Waals surface area (Å²) < 4.78 is 23.8. The van der Waals surface area contributed by atoms with Crippen molar-refractivity contribution in [2.45, 2.75) is 27.2 Å². The van der Waals surface area contributed by atoms with E-state index in [1.807, 2.05) is 6.92 Å². The molecule has 0 aromatic heterocycles. The van der Waals surface area contributed by atoms with Crippen LogP contribution >= 0.6 is 0 Å². The topological polar surface area (TPSA) is 59.9 Å². The lowest BCUT2D eigenvalue weighted by Gasteiger charge is -2.11. The molecule has 0 unspecified atom stereocenters. The fourth-order valence-corrected chi connectivity index (χ4v) is 1.69. The first kappa shape index (κ1) is 19.1. The Kier molecular flexibility index (Phi) is 8.90. The molecule has 6 heteroatoms. The molecule has 128 valence electrons. The summed E-state index contributed by atoms with van der Waals surface area (Å²) in [6.45, 7) is 7.92. The molecule has 0 saturated heterocycles. The Morgan fingerprint density at radius 1 is 1.35 bits per heavy atom. The van der Waals surface area contributed by atoms with Crippen LogP contribution in [0.5, 0.6) is 0 Å². The predicted molar refractivity (Wildman–Crippen MR) is 88.1 cm³/mol. The third-order valence-corrected chi connectivity index (χ3v) is 2.94. The number of rotatable bonds is 8. The number of amidine groups is 1. The van der Waals surface area contributed by atoms with Gasteiger partial charge in [0.2, 0.25) is 0 Å². The lowest BCUT2D eigenvalue weighted by Crippen LogP contribution is -2.33. The second-order valence-electron chi connectivity index (χ2n) is 5.38. The van der Waals surface area contributed by atoms with E-state index in [0.717, 1.165) is 6.42 Å². The summed E-state index contributed by atoms with van der Waals surface area (Å²) in [4.78, 5) is 16.4. The second-order valence-corrected chi connectivity index (χ2v) is 5.38. The first-order valence-electron chi connectivity index (χ1n) is 7.84. The summed E-state index contributed by atoms with van der Waals surface area (Å²) in [5.74, 6) is -0.417. The number of ether oxygens (including phenoxy) is 2. The molecule has 1 aromatic carbocycles. The third-order valence-electron chi connectivity index (χ3n) is 2.94. The predicted octanol–water partition coefficient (Wildman–Crippen LogP) is 3.01. The molecular formula is C17H25FN2O3. The molecule has 1 rings (SSSR count). The zero-order chi connectivity index (χ0) is 17.1. The largest absolute Gasteiger partial charge is 0.463 e. The quantitative estimate of drug-likeness (QED) is 0.454. The van der Waals surface area contributed by atoms with Gasteiger partial charge in [-0.3, -0.25) is 10.1 Å². The van der Waals surface area contributed by atoms with Gasteiger partial charge in [-0.15, -0.1) is 0 Å². The molecule has 0 radical (unpaired) electrons. The van der Waals surface area contributed by atoms with E-state index in [2.05, 4.69) is 24.2 Å². The minimum atomic E-state index is -0.465. The van der Waals surface area contributed by atoms with Crippen LogP contribution < -0.4 is 5.32 Å². The molecular weight excluding hydrogens is 299 g/mol. The Morgan fingerprint density at radius 2 is 2.13 bits per heavy atom. The van der Waals surface area contributed by atoms with Crippen molar-refractivity contribution >= 4 is 11.9 Å². The normalized spacial score (nSPS) is 11.6. The molecule has 0 heterocycles. The minimum absolute atomic E-state index is 0.139. The molecule has 0 aliphatic heterocycles. The van der Waals surface area contributed by atoms with Gasteiger partial charge in [0.15, 0.2) is 0 Å². The molecule has 0 aliphatic rings. The molecule has 1 aromatic rings. The Hall–Kier alpha value is -1.95. The van der Waals surface area contributed by atoms with E-state index < -0.39 is 11.7 Å². The van der Waals surface area contributed by atoms with Crippen LogP contribution in [0.25, 0.3) is 0 Å². The first-order valence-corrected chi connectivity index (χ1v) is 7.84. The van der Waals surface area contributed by atoms with Crippen molar-refractivity contribution in [1.29, 1.82) is 0 Å². The lowest BCUT2D eigenvalue weighted by molar-refractivity contribution is 0.0921. The maximum atomic E-state index is 13.2. The van der Waals surface area contributed by atoms with Gasteiger partial charge in [-0.05, 0) is 37.5 Å². The van der Waals surface area contributed by atoms with E-state index in [4.69, 9.17) is 9.47 Å². The molecule has 0 bridgehead atoms. The fraction of sp³-hybridized carbons (Fsp3) is 0.529. The van der Waals surface area contributed by atoms with Gasteiger partial charge in [0.05, 0.1) is 6.61 Å². The number of nitrogens with one attached hydrogen (secondary N) is 1. The first-order chi connectivity index (χ1) is 11.0. The number of carbonyl (C=O) groups excluding carboxylic acids is 1. The van der Waals surface area contributed by atoms with Gasteiger partial charge >= 0.3 is 0 Å². The fourth-order valence-electron chi connectivity index (χ4n) is 1.69. The maximum Gasteiger partial charge on any atom is 0.291 e. The minimum Gasteiger partial charge on any atom is -0.463 e. The molecule has 0 atom stereocenters. The van der Waals surface area contributed by atoms with Gasteiger partial charge in [-0.1, -0.05) is 19.9 Å². The van der Waals surface area contributed by atoms with Crippen molar-refractivity contribution in [2.24, 2.45) is 10.9 Å². The van der Waals surface area contributed by atoms with E-state index in [0.29, 0.717) is 25.7 Å². The summed E-state index contributed by atoms with van der Waals surface area (Å²) in [6.07, 6.45) is 0.883. The van der Waals surface area contributed by atoms with Crippen LogP contribution in [0, 0.1) is 11.7 Å². The molecule has 1 amide bonds. The zero-order valence-corrected chi connectivity index (χ0v) is 14.0. The van der Waals surface area contributed by atoms with Crippen molar-refractivity contribution < 1.29 is 18.7 Å². The SMILES string of the molecule is CCOCCOC(=NCCC(C)C)NC(=O)c1cccc(F)c1. The van der Waals surface area contributed by atoms with Crippen LogP contribution in [0.3, 0.4) is 0 Å². The number of halogens is 1. The van der Waals surface area contributed by atoms with E-state index >= 15 is 0 Å². The number of amides is 1. The van der Waals surface area contributed by atoms with E-state index in [-0.39, 0.29) is 18.2 Å². The number of carbonyl (C=O) groups is 1. The van der Waals surface area contributed by atoms with Crippen LogP contribution in [0.4, 0.5) is 4.39 Å². The third kappa shape index (κ3) is 8.30. The van der Waals surface area contributed by atoms with Crippen molar-refractivity contribution in [2.75, 3.05) is 26.4 Å². The lowest BCUT2D eigenvalue weighted by atomic mass is 10.1. The Morgan fingerprint density at radius 3 is 2.78 bits per heavy atom. The van der Waals surface area contributed by atoms with E-state index in [1.54, 1.807) is 0 Å². The van der Waals surface area contributed by atoms with Gasteiger partial charge in [0.25, 0.3) is 11.9 Å². The number of aliphatic imine (C=N–C) groups is 1. The van der Waals surface area contributed by atoms with E-state index in [9.17, 15) is 9.18 Å². The summed E-state index contributed by atoms with van der Waals surface area (Å²) >= 11 is 0. The maximum absolute atomic E-state index is 13.2. The van der Waals surface area contributed by atoms with Gasteiger partial charge in [-0.2, -0.15) is 0 Å². The van der Waals surface area contributed by atoms with Crippen LogP contribution in [-0.4, -0.2) is 38.3 Å². The average molecular weight is 324 g/mol. The highest BCUT2D eigenvalue weighted by Crippen LogP contribution is 2.04. The summed E-state index contributed by atoms with van der Waals surface area (Å²) in [5, 5.41) is 2.58. The molecule has 5 nitrogen and oxygen atoms in total. The van der Waals surface area contributed by atoms with Crippen LogP contribution in [-0.2, 0) is 9.47 Å². The highest BCUT2D eigenvalue weighted by Gasteiger charge is 2.11. The number of benzene rings is 1. The highest BCUT2D eigenvalue weighted by molar-refractivity contribution is 6.04. The molecule has 0 fully saturated rings. The van der Waals surface area contributed by atoms with Crippen molar-refractivity contribution in [1.82, 2.24) is 5.32 Å². The molecule has 0 saturated carbocycles. The standard InChI is InChI=1S/C17H25FN2O3/c1-4-22-10-11-23-17(19-9-8-13(2)3)20-16(21)14-6-5-7-15(18)12-14/h5-7,12-13H,4,8-11H2,1-3H3,(H,19,20,21). The Balaban J connectivity index is 2.64. The van der Waals surface area contributed by atoms with Crippen LogP contribution in [0.2, 0.25) is 0 Å². The van der Waals surface area contributed by atoms with Gasteiger partial charge in [0.1, 0.15) is 12.4 Å². The van der Waals surface area contributed by atoms with Crippen LogP contribution in [0.15, 0.2) is 29.3 Å². The van der Waals surface area contributed by atoms with Crippen molar-refractivity contribution in [3.8, 4) is 0 Å². The summed E-state index contributed by atoms with van der Waals surface area (Å²) in [5.41, 5.74) is 0.218. The second kappa shape index (κ2) is 10.7. The average Bonchev–Trinajstić information content (AvgIpc) is 2.50. The highest BCUT2D eigenvalue weighted by atomic mass is 19.1. The molecule has 23 heavy (non-hydrogen) atoms. The van der Waals surface area contributed by atoms with Gasteiger partial charge in [-0.25, -0.2) is 9.38 Å². The van der Waals surface area contributed by atoms with Crippen molar-refractivity contribution in [3.05, 3.63) is 35.6 Å². The van der Waals surface area contributed by atoms with E-state index in [1.165, 1.54) is 24.3 Å². The molecule has 1 N–H and O–H groups in total. The Labute approximate surface area is 136 Å². The number of hydrogen-bond acceptors (Lipinski definition) is 4. The monoisotopic (exact) mass is 324 g/mol. The smallest absolute Gasteiger partial charge is 0.291 e. The number of nitrogens with zero attached hydrogens (tertiary/aromatic N) is 1. The molecule has 0 spiro atoms. The molecule has 0 aliphatic carbocycles. The van der Waals surface area contributed by atoms with Crippen molar-refractivity contribution in [3.63, 3.8) is 0 Å². The Bertz CT molecular complexity index is 518. The van der Waals surface area contributed by atoms with Crippen LogP contribution in [0.1, 0.15) is 37.6 Å². The van der Waals surface area contributed by atoms with Gasteiger partial charge < -0.3 is 9.47 Å². The summed E-state index contributed by atoms with van der Waals surface area (Å²) in [6, 6.07) is 5.61. The number of hydrogen-bond donors (Lipinski definition) is 1.